The van der Waals surface area contributed by atoms with Crippen LogP contribution in [0.25, 0.3) is 0 Å². The molecule has 0 aliphatic carbocycles. The number of carbonyl (C=O) groups excluding carboxylic acids is 1. The van der Waals surface area contributed by atoms with Crippen LogP contribution in [0.2, 0.25) is 0 Å². The molecule has 2 fully saturated rings. The number of phenolic OH excluding ortho intramolecular Hbond substituents is 2. The summed E-state index contributed by atoms with van der Waals surface area (Å²) in [4.78, 5) is 12.6. The molecule has 0 saturated carbocycles. The Morgan fingerprint density at radius 2 is 1.58 bits per heavy atom. The van der Waals surface area contributed by atoms with Crippen molar-refractivity contribution in [2.75, 3.05) is 20.8 Å². The minimum atomic E-state index is -0.852. The van der Waals surface area contributed by atoms with Crippen molar-refractivity contribution in [3.05, 3.63) is 59.2 Å². The average Bonchev–Trinajstić information content (AvgIpc) is 3.40. The fraction of sp³-hybridized carbons (Fsp3) is 0.400. The van der Waals surface area contributed by atoms with Crippen LogP contribution in [0.4, 0.5) is 0 Å². The number of ether oxygens (including phenoxy) is 5. The molecule has 33 heavy (non-hydrogen) atoms. The molecule has 176 valence electrons. The second-order valence-corrected chi connectivity index (χ2v) is 8.16. The largest absolute Gasteiger partial charge is 0.504 e. The van der Waals surface area contributed by atoms with Crippen molar-refractivity contribution in [1.29, 1.82) is 0 Å². The molecule has 0 amide bonds. The first-order valence-electron chi connectivity index (χ1n) is 10.7. The van der Waals surface area contributed by atoms with Gasteiger partial charge >= 0.3 is 5.97 Å². The van der Waals surface area contributed by atoms with Crippen LogP contribution >= 0.6 is 0 Å². The number of fused-ring (bicyclic) bond motifs is 1. The molecule has 2 N–H and O–H groups in total. The summed E-state index contributed by atoms with van der Waals surface area (Å²) in [6.07, 6.45) is -0.0335. The van der Waals surface area contributed by atoms with Crippen molar-refractivity contribution in [1.82, 2.24) is 0 Å². The number of carbonyl (C=O) groups is 1. The molecule has 0 aromatic heterocycles. The van der Waals surface area contributed by atoms with Crippen molar-refractivity contribution >= 4 is 5.97 Å². The van der Waals surface area contributed by atoms with Gasteiger partial charge in [0.15, 0.2) is 23.0 Å². The normalized spacial score (nSPS) is 26.7. The van der Waals surface area contributed by atoms with E-state index >= 15 is 0 Å². The Morgan fingerprint density at radius 3 is 2.12 bits per heavy atom. The molecule has 0 radical (unpaired) electrons. The van der Waals surface area contributed by atoms with Crippen molar-refractivity contribution in [2.45, 2.75) is 32.3 Å². The Labute approximate surface area is 192 Å². The maximum absolute atomic E-state index is 12.6. The molecule has 2 aliphatic heterocycles. The first-order chi connectivity index (χ1) is 15.9. The van der Waals surface area contributed by atoms with E-state index in [1.54, 1.807) is 56.3 Å². The number of rotatable bonds is 6. The van der Waals surface area contributed by atoms with E-state index in [0.717, 1.165) is 11.1 Å². The van der Waals surface area contributed by atoms with E-state index in [9.17, 15) is 15.0 Å². The van der Waals surface area contributed by atoms with E-state index in [4.69, 9.17) is 23.7 Å². The van der Waals surface area contributed by atoms with Crippen molar-refractivity contribution < 1.29 is 38.7 Å². The zero-order chi connectivity index (χ0) is 23.7. The van der Waals surface area contributed by atoms with Gasteiger partial charge in [0, 0.05) is 11.5 Å². The SMILES string of the molecule is C/C=C(/C)C(=O)O[C@@H]1OC(c2ccc(O)c(OC)c2)[C@H]2CO[C@H](c3ccc(O)c(OC)c3)[C@@H]12. The van der Waals surface area contributed by atoms with Gasteiger partial charge in [-0.1, -0.05) is 18.2 Å². The van der Waals surface area contributed by atoms with Crippen LogP contribution in [-0.4, -0.2) is 43.3 Å². The second kappa shape index (κ2) is 9.33. The molecule has 8 nitrogen and oxygen atoms in total. The lowest BCUT2D eigenvalue weighted by Gasteiger charge is -2.24. The summed E-state index contributed by atoms with van der Waals surface area (Å²) in [6.45, 7) is 3.83. The molecule has 2 saturated heterocycles. The number of phenols is 2. The summed E-state index contributed by atoms with van der Waals surface area (Å²) in [5, 5.41) is 20.0. The van der Waals surface area contributed by atoms with Gasteiger partial charge in [-0.3, -0.25) is 0 Å². The van der Waals surface area contributed by atoms with Gasteiger partial charge in [-0.15, -0.1) is 0 Å². The van der Waals surface area contributed by atoms with Crippen LogP contribution in [0.3, 0.4) is 0 Å². The summed E-state index contributed by atoms with van der Waals surface area (Å²) in [6, 6.07) is 10.1. The molecular formula is C25H28O8. The molecular weight excluding hydrogens is 428 g/mol. The van der Waals surface area contributed by atoms with Crippen molar-refractivity contribution in [2.24, 2.45) is 11.8 Å². The predicted molar refractivity (Wildman–Crippen MR) is 118 cm³/mol. The van der Waals surface area contributed by atoms with E-state index in [-0.39, 0.29) is 23.3 Å². The number of benzene rings is 2. The van der Waals surface area contributed by atoms with E-state index < -0.39 is 24.5 Å². The van der Waals surface area contributed by atoms with Gasteiger partial charge in [0.05, 0.1) is 39.0 Å². The first kappa shape index (κ1) is 22.9. The molecule has 2 aliphatic rings. The number of methoxy groups -OCH3 is 2. The van der Waals surface area contributed by atoms with Gasteiger partial charge < -0.3 is 33.9 Å². The van der Waals surface area contributed by atoms with Gasteiger partial charge in [0.25, 0.3) is 0 Å². The fourth-order valence-corrected chi connectivity index (χ4v) is 4.44. The summed E-state index contributed by atoms with van der Waals surface area (Å²) >= 11 is 0. The van der Waals surface area contributed by atoms with Crippen molar-refractivity contribution in [3.8, 4) is 23.0 Å². The highest BCUT2D eigenvalue weighted by molar-refractivity contribution is 5.87. The third-order valence-corrected chi connectivity index (χ3v) is 6.34. The lowest BCUT2D eigenvalue weighted by atomic mass is 9.84. The lowest BCUT2D eigenvalue weighted by Crippen LogP contribution is -2.28. The van der Waals surface area contributed by atoms with Gasteiger partial charge in [-0.05, 0) is 49.2 Å². The van der Waals surface area contributed by atoms with E-state index in [0.29, 0.717) is 23.7 Å². The number of esters is 1. The quantitative estimate of drug-likeness (QED) is 0.496. The molecule has 8 heteroatoms. The third-order valence-electron chi connectivity index (χ3n) is 6.34. The molecule has 4 rings (SSSR count). The predicted octanol–water partition coefficient (Wildman–Crippen LogP) is 4.03. The minimum Gasteiger partial charge on any atom is -0.504 e. The van der Waals surface area contributed by atoms with E-state index in [1.165, 1.54) is 14.2 Å². The molecule has 2 aromatic rings. The van der Waals surface area contributed by atoms with Crippen LogP contribution in [-0.2, 0) is 19.0 Å². The van der Waals surface area contributed by atoms with Crippen LogP contribution < -0.4 is 9.47 Å². The summed E-state index contributed by atoms with van der Waals surface area (Å²) in [5.74, 6) is -0.156. The fourth-order valence-electron chi connectivity index (χ4n) is 4.44. The van der Waals surface area contributed by atoms with Crippen LogP contribution in [0.1, 0.15) is 37.2 Å². The van der Waals surface area contributed by atoms with Gasteiger partial charge in [-0.2, -0.15) is 0 Å². The highest BCUT2D eigenvalue weighted by atomic mass is 16.7. The second-order valence-electron chi connectivity index (χ2n) is 8.16. The molecule has 5 atom stereocenters. The molecule has 2 aromatic carbocycles. The van der Waals surface area contributed by atoms with Gasteiger partial charge in [-0.25, -0.2) is 4.79 Å². The zero-order valence-electron chi connectivity index (χ0n) is 19.0. The molecule has 0 bridgehead atoms. The zero-order valence-corrected chi connectivity index (χ0v) is 19.0. The first-order valence-corrected chi connectivity index (χ1v) is 10.7. The van der Waals surface area contributed by atoms with E-state index in [2.05, 4.69) is 0 Å². The van der Waals surface area contributed by atoms with Crippen LogP contribution in [0, 0.1) is 11.8 Å². The summed E-state index contributed by atoms with van der Waals surface area (Å²) < 4.78 is 28.7. The van der Waals surface area contributed by atoms with Crippen LogP contribution in [0.15, 0.2) is 48.0 Å². The van der Waals surface area contributed by atoms with Crippen molar-refractivity contribution in [3.63, 3.8) is 0 Å². The Bertz CT molecular complexity index is 1010. The van der Waals surface area contributed by atoms with Gasteiger partial charge in [0.2, 0.25) is 6.29 Å². The molecule has 1 unspecified atom stereocenters. The topological polar surface area (TPSA) is 104 Å². The highest BCUT2D eigenvalue weighted by Crippen LogP contribution is 2.54. The minimum absolute atomic E-state index is 0.0271. The highest BCUT2D eigenvalue weighted by Gasteiger charge is 2.55. The number of aromatic hydroxyl groups is 2. The summed E-state index contributed by atoms with van der Waals surface area (Å²) in [5.41, 5.74) is 2.05. The molecule has 2 heterocycles. The average molecular weight is 456 g/mol. The monoisotopic (exact) mass is 456 g/mol. The Kier molecular flexibility index (Phi) is 6.49. The lowest BCUT2D eigenvalue weighted by molar-refractivity contribution is -0.185. The Hall–Kier alpha value is -3.23. The standard InChI is InChI=1S/C25H28O8/c1-5-13(2)24(28)33-25-21-16(22(32-25)14-6-8-17(26)19(10-14)29-3)12-31-23(21)15-7-9-18(27)20(11-15)30-4/h5-11,16,21-23,25-27H,12H2,1-4H3/b13-5-/t16-,21-,22?,23+,25-/m0/s1. The number of hydrogen-bond donors (Lipinski definition) is 2. The molecule has 0 spiro atoms. The smallest absolute Gasteiger partial charge is 0.335 e. The number of allylic oxidation sites excluding steroid dienone is 1. The Balaban J connectivity index is 1.70. The summed E-state index contributed by atoms with van der Waals surface area (Å²) in [7, 11) is 2.96. The third kappa shape index (κ3) is 4.24. The van der Waals surface area contributed by atoms with Gasteiger partial charge in [0.1, 0.15) is 0 Å². The maximum Gasteiger partial charge on any atom is 0.335 e. The van der Waals surface area contributed by atoms with E-state index in [1.807, 2.05) is 0 Å². The number of hydrogen-bond acceptors (Lipinski definition) is 8. The maximum atomic E-state index is 12.6. The van der Waals surface area contributed by atoms with Crippen LogP contribution in [0.5, 0.6) is 23.0 Å². The Morgan fingerprint density at radius 1 is 1.00 bits per heavy atom.